The van der Waals surface area contributed by atoms with Crippen LogP contribution in [-0.4, -0.2) is 39.9 Å². The number of aromatic nitrogens is 2. The number of nitrogens with zero attached hydrogens (tertiary/aromatic N) is 1. The van der Waals surface area contributed by atoms with Crippen LogP contribution in [0.4, 0.5) is 5.82 Å². The molecule has 0 aliphatic rings. The highest BCUT2D eigenvalue weighted by atomic mass is 32.2. The van der Waals surface area contributed by atoms with Crippen molar-refractivity contribution in [2.45, 2.75) is 5.16 Å². The molecule has 0 aliphatic heterocycles. The van der Waals surface area contributed by atoms with Crippen molar-refractivity contribution in [2.24, 2.45) is 0 Å². The minimum absolute atomic E-state index is 0.104. The van der Waals surface area contributed by atoms with Gasteiger partial charge in [-0.3, -0.25) is 9.59 Å². The van der Waals surface area contributed by atoms with Crippen molar-refractivity contribution in [3.8, 4) is 0 Å². The van der Waals surface area contributed by atoms with Crippen LogP contribution < -0.4 is 16.6 Å². The summed E-state index contributed by atoms with van der Waals surface area (Å²) in [5, 5.41) is 11.2. The number of hydrogen-bond donors (Lipinski definition) is 4. The van der Waals surface area contributed by atoms with Crippen molar-refractivity contribution in [3.63, 3.8) is 0 Å². The van der Waals surface area contributed by atoms with E-state index >= 15 is 0 Å². The normalized spacial score (nSPS) is 10.1. The average Bonchev–Trinajstić information content (AvgIpc) is 2.22. The molecule has 0 unspecified atom stereocenters. The van der Waals surface area contributed by atoms with Crippen LogP contribution in [0, 0.1) is 0 Å². The maximum atomic E-state index is 11.2. The second-order valence-electron chi connectivity index (χ2n) is 2.84. The summed E-state index contributed by atoms with van der Waals surface area (Å²) in [5.74, 6) is -0.0296. The van der Waals surface area contributed by atoms with Gasteiger partial charge in [0.2, 0.25) is 5.91 Å². The molecule has 1 aromatic heterocycles. The zero-order valence-electron chi connectivity index (χ0n) is 8.40. The lowest BCUT2D eigenvalue weighted by atomic mass is 10.6. The highest BCUT2D eigenvalue weighted by Crippen LogP contribution is 2.10. The number of aliphatic hydroxyl groups excluding tert-OH is 1. The number of carbonyl (C=O) groups excluding carboxylic acids is 1. The number of aliphatic hydroxyl groups is 1. The molecule has 0 spiro atoms. The minimum Gasteiger partial charge on any atom is -0.395 e. The van der Waals surface area contributed by atoms with Crippen molar-refractivity contribution in [2.75, 3.05) is 24.6 Å². The molecule has 88 valence electrons. The monoisotopic (exact) mass is 244 g/mol. The first-order valence-electron chi connectivity index (χ1n) is 4.49. The van der Waals surface area contributed by atoms with Gasteiger partial charge >= 0.3 is 0 Å². The number of nitrogens with two attached hydrogens (primary N) is 1. The number of carbonyl (C=O) groups is 1. The molecular weight excluding hydrogens is 232 g/mol. The third kappa shape index (κ3) is 4.32. The van der Waals surface area contributed by atoms with Gasteiger partial charge in [-0.25, -0.2) is 4.98 Å². The van der Waals surface area contributed by atoms with Crippen molar-refractivity contribution >= 4 is 23.5 Å². The molecule has 0 bridgehead atoms. The predicted molar refractivity (Wildman–Crippen MR) is 60.1 cm³/mol. The second kappa shape index (κ2) is 6.13. The molecule has 1 heterocycles. The molecule has 0 saturated carbocycles. The van der Waals surface area contributed by atoms with Crippen LogP contribution in [0.15, 0.2) is 16.0 Å². The molecular formula is C8H12N4O3S. The van der Waals surface area contributed by atoms with Crippen molar-refractivity contribution in [3.05, 3.63) is 16.4 Å². The highest BCUT2D eigenvalue weighted by Gasteiger charge is 2.04. The third-order valence-corrected chi connectivity index (χ3v) is 2.39. The molecule has 1 amide bonds. The SMILES string of the molecule is Nc1cc(=O)[nH]c(SCC(=O)NCCO)n1. The fourth-order valence-corrected chi connectivity index (χ4v) is 1.61. The summed E-state index contributed by atoms with van der Waals surface area (Å²) in [6, 6.07) is 1.16. The zero-order valence-corrected chi connectivity index (χ0v) is 9.21. The second-order valence-corrected chi connectivity index (χ2v) is 3.80. The van der Waals surface area contributed by atoms with Gasteiger partial charge < -0.3 is 21.1 Å². The van der Waals surface area contributed by atoms with Gasteiger partial charge in [-0.05, 0) is 0 Å². The standard InChI is InChI=1S/C8H12N4O3S/c9-5-3-6(14)12-8(11-5)16-4-7(15)10-1-2-13/h3,13H,1-2,4H2,(H,10,15)(H3,9,11,12,14). The maximum Gasteiger partial charge on any atom is 0.253 e. The molecule has 8 heteroatoms. The lowest BCUT2D eigenvalue weighted by molar-refractivity contribution is -0.118. The molecule has 1 aromatic rings. The molecule has 5 N–H and O–H groups in total. The Morgan fingerprint density at radius 3 is 3.06 bits per heavy atom. The van der Waals surface area contributed by atoms with Crippen LogP contribution in [0.25, 0.3) is 0 Å². The van der Waals surface area contributed by atoms with Gasteiger partial charge in [0.15, 0.2) is 5.16 Å². The maximum absolute atomic E-state index is 11.2. The Bertz CT molecular complexity index is 420. The molecule has 0 aliphatic carbocycles. The van der Waals surface area contributed by atoms with Crippen molar-refractivity contribution in [1.29, 1.82) is 0 Å². The number of rotatable bonds is 5. The molecule has 0 saturated heterocycles. The molecule has 0 atom stereocenters. The summed E-state index contributed by atoms with van der Waals surface area (Å²) in [4.78, 5) is 28.4. The third-order valence-electron chi connectivity index (χ3n) is 1.51. The number of thioether (sulfide) groups is 1. The van der Waals surface area contributed by atoms with Crippen molar-refractivity contribution < 1.29 is 9.90 Å². The largest absolute Gasteiger partial charge is 0.395 e. The van der Waals surface area contributed by atoms with Gasteiger partial charge in [0.05, 0.1) is 12.4 Å². The Hall–Kier alpha value is -1.54. The van der Waals surface area contributed by atoms with Crippen molar-refractivity contribution in [1.82, 2.24) is 15.3 Å². The Balaban J connectivity index is 2.48. The van der Waals surface area contributed by atoms with E-state index in [0.717, 1.165) is 17.8 Å². The average molecular weight is 244 g/mol. The van der Waals surface area contributed by atoms with Crippen LogP contribution in [0.5, 0.6) is 0 Å². The quantitative estimate of drug-likeness (QED) is 0.371. The van der Waals surface area contributed by atoms with Gasteiger partial charge in [-0.15, -0.1) is 0 Å². The number of hydrogen-bond acceptors (Lipinski definition) is 6. The Morgan fingerprint density at radius 2 is 2.44 bits per heavy atom. The number of nitrogens with one attached hydrogen (secondary N) is 2. The van der Waals surface area contributed by atoms with Crippen LogP contribution in [0.3, 0.4) is 0 Å². The summed E-state index contributed by atoms with van der Waals surface area (Å²) in [6.07, 6.45) is 0. The Labute approximate surface area is 95.5 Å². The molecule has 1 rings (SSSR count). The number of H-pyrrole nitrogens is 1. The zero-order chi connectivity index (χ0) is 12.0. The van der Waals surface area contributed by atoms with Crippen LogP contribution >= 0.6 is 11.8 Å². The first-order chi connectivity index (χ1) is 7.61. The van der Waals surface area contributed by atoms with Gasteiger partial charge in [0, 0.05) is 12.6 Å². The van der Waals surface area contributed by atoms with Gasteiger partial charge in [-0.2, -0.15) is 0 Å². The number of nitrogen functional groups attached to an aromatic ring is 1. The van der Waals surface area contributed by atoms with E-state index in [1.807, 2.05) is 0 Å². The van der Waals surface area contributed by atoms with E-state index in [-0.39, 0.29) is 36.2 Å². The first kappa shape index (κ1) is 12.5. The van der Waals surface area contributed by atoms with E-state index in [0.29, 0.717) is 5.16 Å². The van der Waals surface area contributed by atoms with E-state index in [1.165, 1.54) is 0 Å². The van der Waals surface area contributed by atoms with Crippen LogP contribution in [0.2, 0.25) is 0 Å². The van der Waals surface area contributed by atoms with E-state index < -0.39 is 0 Å². The predicted octanol–water partition coefficient (Wildman–Crippen LogP) is -1.45. The summed E-state index contributed by atoms with van der Waals surface area (Å²) in [5.41, 5.74) is 5.01. The number of aromatic amines is 1. The van der Waals surface area contributed by atoms with E-state index in [9.17, 15) is 9.59 Å². The highest BCUT2D eigenvalue weighted by molar-refractivity contribution is 7.99. The molecule has 0 fully saturated rings. The topological polar surface area (TPSA) is 121 Å². The summed E-state index contributed by atoms with van der Waals surface area (Å²) in [6.45, 7) is 0.101. The summed E-state index contributed by atoms with van der Waals surface area (Å²) in [7, 11) is 0. The molecule has 7 nitrogen and oxygen atoms in total. The fraction of sp³-hybridized carbons (Fsp3) is 0.375. The number of anilines is 1. The summed E-state index contributed by atoms with van der Waals surface area (Å²) < 4.78 is 0. The van der Waals surface area contributed by atoms with Crippen LogP contribution in [0.1, 0.15) is 0 Å². The van der Waals surface area contributed by atoms with E-state index in [2.05, 4.69) is 15.3 Å². The van der Waals surface area contributed by atoms with Gasteiger partial charge in [-0.1, -0.05) is 11.8 Å². The van der Waals surface area contributed by atoms with E-state index in [4.69, 9.17) is 10.8 Å². The Kier molecular flexibility index (Phi) is 4.80. The Morgan fingerprint density at radius 1 is 1.69 bits per heavy atom. The number of amides is 1. The first-order valence-corrected chi connectivity index (χ1v) is 5.47. The lowest BCUT2D eigenvalue weighted by Gasteiger charge is -2.02. The minimum atomic E-state index is -0.356. The molecule has 0 aromatic carbocycles. The van der Waals surface area contributed by atoms with E-state index in [1.54, 1.807) is 0 Å². The fourth-order valence-electron chi connectivity index (χ4n) is 0.902. The smallest absolute Gasteiger partial charge is 0.253 e. The van der Waals surface area contributed by atoms with Gasteiger partial charge in [0.25, 0.3) is 5.56 Å². The van der Waals surface area contributed by atoms with Gasteiger partial charge in [0.1, 0.15) is 5.82 Å². The summed E-state index contributed by atoms with van der Waals surface area (Å²) >= 11 is 1.07. The lowest BCUT2D eigenvalue weighted by Crippen LogP contribution is -2.28. The molecule has 16 heavy (non-hydrogen) atoms. The van der Waals surface area contributed by atoms with Crippen LogP contribution in [-0.2, 0) is 4.79 Å². The molecule has 0 radical (unpaired) electrons.